The molecule has 2 aliphatic carbocycles. The van der Waals surface area contributed by atoms with Crippen LogP contribution in [0.15, 0.2) is 206 Å². The number of benzene rings is 8. The highest BCUT2D eigenvalue weighted by atomic mass is 14.9. The van der Waals surface area contributed by atoms with E-state index in [0.29, 0.717) is 5.82 Å². The van der Waals surface area contributed by atoms with Gasteiger partial charge in [0.15, 0.2) is 5.82 Å². The number of nitrogens with zero attached hydrogens (tertiary/aromatic N) is 2. The summed E-state index contributed by atoms with van der Waals surface area (Å²) < 4.78 is 0. The normalized spacial score (nSPS) is 12.9. The molecule has 256 valence electrons. The molecule has 0 saturated heterocycles. The van der Waals surface area contributed by atoms with E-state index in [4.69, 9.17) is 9.97 Å². The van der Waals surface area contributed by atoms with Crippen molar-refractivity contribution in [3.05, 3.63) is 229 Å². The van der Waals surface area contributed by atoms with E-state index >= 15 is 0 Å². The first-order valence-corrected chi connectivity index (χ1v) is 18.9. The summed E-state index contributed by atoms with van der Waals surface area (Å²) in [4.78, 5) is 10.3. The molecule has 2 aliphatic rings. The van der Waals surface area contributed by atoms with Gasteiger partial charge in [0.1, 0.15) is 0 Å². The van der Waals surface area contributed by atoms with E-state index in [1.54, 1.807) is 0 Å². The molecule has 0 N–H and O–H groups in total. The first-order chi connectivity index (χ1) is 27.3. The van der Waals surface area contributed by atoms with Crippen LogP contribution in [0, 0.1) is 0 Å². The second-order valence-electron chi connectivity index (χ2n) is 14.5. The van der Waals surface area contributed by atoms with Gasteiger partial charge in [-0.1, -0.05) is 194 Å². The van der Waals surface area contributed by atoms with Crippen LogP contribution in [0.4, 0.5) is 0 Å². The van der Waals surface area contributed by atoms with Crippen molar-refractivity contribution in [2.45, 2.75) is 5.41 Å². The number of fused-ring (bicyclic) bond motifs is 10. The average molecular weight is 699 g/mol. The van der Waals surface area contributed by atoms with Crippen LogP contribution in [-0.2, 0) is 5.41 Å². The highest BCUT2D eigenvalue weighted by Gasteiger charge is 2.51. The van der Waals surface area contributed by atoms with Gasteiger partial charge in [-0.05, 0) is 78.9 Å². The van der Waals surface area contributed by atoms with Crippen molar-refractivity contribution < 1.29 is 0 Å². The van der Waals surface area contributed by atoms with Gasteiger partial charge in [0.2, 0.25) is 0 Å². The Morgan fingerprint density at radius 2 is 0.727 bits per heavy atom. The fourth-order valence-corrected chi connectivity index (χ4v) is 9.15. The van der Waals surface area contributed by atoms with Crippen LogP contribution < -0.4 is 0 Å². The summed E-state index contributed by atoms with van der Waals surface area (Å²) in [5, 5.41) is 0. The van der Waals surface area contributed by atoms with Gasteiger partial charge in [0, 0.05) is 16.7 Å². The van der Waals surface area contributed by atoms with E-state index in [-0.39, 0.29) is 5.41 Å². The van der Waals surface area contributed by atoms with Crippen LogP contribution >= 0.6 is 0 Å². The molecule has 0 radical (unpaired) electrons. The molecule has 2 heteroatoms. The van der Waals surface area contributed by atoms with Gasteiger partial charge in [-0.15, -0.1) is 0 Å². The predicted molar refractivity (Wildman–Crippen MR) is 226 cm³/mol. The highest BCUT2D eigenvalue weighted by Crippen LogP contribution is 2.63. The second-order valence-corrected chi connectivity index (χ2v) is 14.5. The Hall–Kier alpha value is -7.16. The van der Waals surface area contributed by atoms with E-state index in [1.165, 1.54) is 61.2 Å². The van der Waals surface area contributed by atoms with Crippen molar-refractivity contribution in [3.8, 4) is 78.4 Å². The molecule has 1 heterocycles. The molecule has 1 spiro atoms. The van der Waals surface area contributed by atoms with Gasteiger partial charge in [0.05, 0.1) is 16.8 Å². The Morgan fingerprint density at radius 3 is 1.40 bits per heavy atom. The van der Waals surface area contributed by atoms with E-state index in [1.807, 2.05) is 18.2 Å². The lowest BCUT2D eigenvalue weighted by Crippen LogP contribution is -2.25. The largest absolute Gasteiger partial charge is 0.228 e. The third-order valence-corrected chi connectivity index (χ3v) is 11.5. The average Bonchev–Trinajstić information content (AvgIpc) is 3.75. The summed E-state index contributed by atoms with van der Waals surface area (Å²) >= 11 is 0. The summed E-state index contributed by atoms with van der Waals surface area (Å²) in [6.45, 7) is 0. The zero-order valence-electron chi connectivity index (χ0n) is 30.0. The zero-order valence-corrected chi connectivity index (χ0v) is 30.0. The Balaban J connectivity index is 1.04. The van der Waals surface area contributed by atoms with Crippen molar-refractivity contribution in [1.29, 1.82) is 0 Å². The van der Waals surface area contributed by atoms with Crippen molar-refractivity contribution in [3.63, 3.8) is 0 Å². The molecule has 11 rings (SSSR count). The maximum Gasteiger partial charge on any atom is 0.160 e. The van der Waals surface area contributed by atoms with Gasteiger partial charge in [-0.25, -0.2) is 9.97 Å². The minimum Gasteiger partial charge on any atom is -0.228 e. The third-order valence-electron chi connectivity index (χ3n) is 11.5. The Morgan fingerprint density at radius 1 is 0.273 bits per heavy atom. The molecule has 8 aromatic carbocycles. The molecule has 0 saturated carbocycles. The van der Waals surface area contributed by atoms with Crippen LogP contribution in [0.3, 0.4) is 0 Å². The maximum absolute atomic E-state index is 5.15. The van der Waals surface area contributed by atoms with Gasteiger partial charge in [-0.3, -0.25) is 0 Å². The fraction of sp³-hybridized carbons (Fsp3) is 0.0189. The van der Waals surface area contributed by atoms with Gasteiger partial charge < -0.3 is 0 Å². The summed E-state index contributed by atoms with van der Waals surface area (Å²) in [5.41, 5.74) is 19.9. The van der Waals surface area contributed by atoms with Crippen LogP contribution in [0.2, 0.25) is 0 Å². The third kappa shape index (κ3) is 4.82. The van der Waals surface area contributed by atoms with Crippen LogP contribution in [0.1, 0.15) is 22.3 Å². The Bertz CT molecular complexity index is 2860. The number of aromatic nitrogens is 2. The number of hydrogen-bond donors (Lipinski definition) is 0. The molecule has 0 amide bonds. The maximum atomic E-state index is 5.15. The molecule has 0 unspecified atom stereocenters. The van der Waals surface area contributed by atoms with Crippen molar-refractivity contribution >= 4 is 0 Å². The Labute approximate surface area is 321 Å². The molecule has 0 aliphatic heterocycles. The van der Waals surface area contributed by atoms with Crippen LogP contribution in [-0.4, -0.2) is 9.97 Å². The van der Waals surface area contributed by atoms with Gasteiger partial charge >= 0.3 is 0 Å². The summed E-state index contributed by atoms with van der Waals surface area (Å²) in [6, 6.07) is 74.3. The molecular formula is C53H34N2. The summed E-state index contributed by atoms with van der Waals surface area (Å²) in [7, 11) is 0. The highest BCUT2D eigenvalue weighted by molar-refractivity contribution is 6.00. The summed E-state index contributed by atoms with van der Waals surface area (Å²) in [5.74, 6) is 0.710. The van der Waals surface area contributed by atoms with E-state index in [9.17, 15) is 0 Å². The molecular weight excluding hydrogens is 665 g/mol. The van der Waals surface area contributed by atoms with Gasteiger partial charge in [0.25, 0.3) is 0 Å². The minimum absolute atomic E-state index is 0.363. The molecule has 0 bridgehead atoms. The minimum atomic E-state index is -0.363. The van der Waals surface area contributed by atoms with Crippen LogP contribution in [0.25, 0.3) is 78.4 Å². The fourth-order valence-electron chi connectivity index (χ4n) is 9.15. The predicted octanol–water partition coefficient (Wildman–Crippen LogP) is 13.2. The monoisotopic (exact) mass is 698 g/mol. The standard InChI is InChI=1S/C53H34N2/c1-3-15-35(16-4-1)39-19-13-20-40(33-39)50-34-49(54-52(55-50)38-17-5-2-6-18-38)37-31-29-36(30-32-37)41-24-14-28-48-51(41)44-23-9-12-27-47(44)53(48)45-25-10-7-21-42(45)43-22-8-11-26-46(43)53/h1-34H. The summed E-state index contributed by atoms with van der Waals surface area (Å²) in [6.07, 6.45) is 0. The van der Waals surface area contributed by atoms with E-state index in [2.05, 4.69) is 188 Å². The molecule has 55 heavy (non-hydrogen) atoms. The van der Waals surface area contributed by atoms with Gasteiger partial charge in [-0.2, -0.15) is 0 Å². The van der Waals surface area contributed by atoms with Crippen LogP contribution in [0.5, 0.6) is 0 Å². The lowest BCUT2D eigenvalue weighted by Gasteiger charge is -2.30. The van der Waals surface area contributed by atoms with Crippen molar-refractivity contribution in [1.82, 2.24) is 9.97 Å². The molecule has 0 fully saturated rings. The molecule has 2 nitrogen and oxygen atoms in total. The SMILES string of the molecule is c1ccc(-c2cccc(-c3cc(-c4ccc(-c5cccc6c5-c5ccccc5C65c6ccccc6-c6ccccc65)cc4)nc(-c4ccccc4)n3)c2)cc1. The van der Waals surface area contributed by atoms with Crippen molar-refractivity contribution in [2.75, 3.05) is 0 Å². The number of rotatable bonds is 5. The quantitative estimate of drug-likeness (QED) is 0.179. The molecule has 1 aromatic heterocycles. The Kier molecular flexibility index (Phi) is 7.11. The first-order valence-electron chi connectivity index (χ1n) is 18.9. The smallest absolute Gasteiger partial charge is 0.160 e. The number of hydrogen-bond acceptors (Lipinski definition) is 2. The zero-order chi connectivity index (χ0) is 36.3. The van der Waals surface area contributed by atoms with E-state index in [0.717, 1.165) is 33.6 Å². The topological polar surface area (TPSA) is 25.8 Å². The molecule has 0 atom stereocenters. The van der Waals surface area contributed by atoms with Crippen molar-refractivity contribution in [2.24, 2.45) is 0 Å². The molecule has 9 aromatic rings. The first kappa shape index (κ1) is 31.4. The second kappa shape index (κ2) is 12.5. The van der Waals surface area contributed by atoms with E-state index < -0.39 is 0 Å². The lowest BCUT2D eigenvalue weighted by atomic mass is 9.70. The lowest BCUT2D eigenvalue weighted by molar-refractivity contribution is 0.794.